The van der Waals surface area contributed by atoms with E-state index >= 15 is 0 Å². The normalized spacial score (nSPS) is 11.1. The number of nitrogens with zero attached hydrogens (tertiary/aromatic N) is 2. The van der Waals surface area contributed by atoms with Crippen LogP contribution in [0.2, 0.25) is 0 Å². The van der Waals surface area contributed by atoms with Crippen molar-refractivity contribution in [2.75, 3.05) is 0 Å². The van der Waals surface area contributed by atoms with Crippen molar-refractivity contribution in [3.63, 3.8) is 0 Å². The van der Waals surface area contributed by atoms with Crippen LogP contribution in [0.25, 0.3) is 0 Å². The number of aromatic nitrogens is 2. The Morgan fingerprint density at radius 1 is 1.22 bits per heavy atom. The summed E-state index contributed by atoms with van der Waals surface area (Å²) in [7, 11) is 0. The summed E-state index contributed by atoms with van der Waals surface area (Å²) in [6.45, 7) is 5.39. The fraction of sp³-hybridized carbons (Fsp3) is 0.357. The predicted octanol–water partition coefficient (Wildman–Crippen LogP) is 2.69. The van der Waals surface area contributed by atoms with Gasteiger partial charge >= 0.3 is 0 Å². The van der Waals surface area contributed by atoms with Gasteiger partial charge in [-0.05, 0) is 25.5 Å². The lowest BCUT2D eigenvalue weighted by atomic mass is 10.2. The van der Waals surface area contributed by atoms with E-state index in [1.807, 2.05) is 47.3 Å². The third-order valence-corrected chi connectivity index (χ3v) is 2.63. The van der Waals surface area contributed by atoms with E-state index in [2.05, 4.69) is 24.4 Å². The molecular formula is C14H19N3O. The van der Waals surface area contributed by atoms with E-state index in [-0.39, 0.29) is 0 Å². The summed E-state index contributed by atoms with van der Waals surface area (Å²) >= 11 is 0. The molecule has 1 heterocycles. The first-order valence-corrected chi connectivity index (χ1v) is 6.18. The number of hydroxylamine groups is 1. The van der Waals surface area contributed by atoms with E-state index in [0.29, 0.717) is 19.2 Å². The molecule has 0 aliphatic carbocycles. The molecule has 0 amide bonds. The van der Waals surface area contributed by atoms with Crippen LogP contribution in [0.5, 0.6) is 0 Å². The maximum atomic E-state index is 5.39. The fourth-order valence-corrected chi connectivity index (χ4v) is 1.59. The topological polar surface area (TPSA) is 39.1 Å². The molecule has 0 spiro atoms. The van der Waals surface area contributed by atoms with Gasteiger partial charge in [0.15, 0.2) is 0 Å². The summed E-state index contributed by atoms with van der Waals surface area (Å²) in [6, 6.07) is 12.5. The van der Waals surface area contributed by atoms with Gasteiger partial charge in [0, 0.05) is 12.2 Å². The molecule has 1 aromatic heterocycles. The van der Waals surface area contributed by atoms with Crippen molar-refractivity contribution in [3.8, 4) is 0 Å². The average Bonchev–Trinajstić information content (AvgIpc) is 2.85. The highest BCUT2D eigenvalue weighted by molar-refractivity contribution is 5.13. The average molecular weight is 245 g/mol. The van der Waals surface area contributed by atoms with Crippen molar-refractivity contribution in [1.82, 2.24) is 15.3 Å². The van der Waals surface area contributed by atoms with Crippen molar-refractivity contribution in [1.29, 1.82) is 0 Å². The minimum Gasteiger partial charge on any atom is -0.297 e. The van der Waals surface area contributed by atoms with E-state index in [0.717, 1.165) is 11.3 Å². The molecule has 0 atom stereocenters. The van der Waals surface area contributed by atoms with Crippen molar-refractivity contribution in [2.45, 2.75) is 33.0 Å². The number of benzene rings is 1. The van der Waals surface area contributed by atoms with E-state index in [9.17, 15) is 0 Å². The fourth-order valence-electron chi connectivity index (χ4n) is 1.59. The van der Waals surface area contributed by atoms with E-state index in [1.54, 1.807) is 0 Å². The van der Waals surface area contributed by atoms with E-state index < -0.39 is 0 Å². The highest BCUT2D eigenvalue weighted by Crippen LogP contribution is 2.04. The highest BCUT2D eigenvalue weighted by atomic mass is 16.6. The van der Waals surface area contributed by atoms with Crippen LogP contribution in [0.15, 0.2) is 42.6 Å². The number of hydrogen-bond donors (Lipinski definition) is 1. The monoisotopic (exact) mass is 245 g/mol. The largest absolute Gasteiger partial charge is 0.297 e. The predicted molar refractivity (Wildman–Crippen MR) is 70.7 cm³/mol. The molecule has 18 heavy (non-hydrogen) atoms. The molecule has 1 aromatic carbocycles. The quantitative estimate of drug-likeness (QED) is 0.628. The number of nitrogens with one attached hydrogen (secondary N) is 1. The Bertz CT molecular complexity index is 465. The molecule has 0 saturated carbocycles. The highest BCUT2D eigenvalue weighted by Gasteiger charge is 2.01. The van der Waals surface area contributed by atoms with Crippen LogP contribution in [0, 0.1) is 0 Å². The molecule has 2 aromatic rings. The van der Waals surface area contributed by atoms with Crippen molar-refractivity contribution in [2.24, 2.45) is 0 Å². The Morgan fingerprint density at radius 2 is 2.00 bits per heavy atom. The smallest absolute Gasteiger partial charge is 0.0933 e. The SMILES string of the molecule is CC(C)n1ccc(CNOCc2ccccc2)n1. The summed E-state index contributed by atoms with van der Waals surface area (Å²) in [5, 5.41) is 4.43. The molecule has 2 rings (SSSR count). The van der Waals surface area contributed by atoms with Crippen molar-refractivity contribution in [3.05, 3.63) is 53.9 Å². The molecular weight excluding hydrogens is 226 g/mol. The zero-order chi connectivity index (χ0) is 12.8. The zero-order valence-electron chi connectivity index (χ0n) is 10.8. The summed E-state index contributed by atoms with van der Waals surface area (Å²) in [4.78, 5) is 5.39. The van der Waals surface area contributed by atoms with Crippen LogP contribution in [0.1, 0.15) is 31.1 Å². The van der Waals surface area contributed by atoms with Crippen LogP contribution in [-0.4, -0.2) is 9.78 Å². The second-order valence-corrected chi connectivity index (χ2v) is 4.48. The molecule has 0 aliphatic rings. The Kier molecular flexibility index (Phi) is 4.50. The first kappa shape index (κ1) is 12.8. The molecule has 0 bridgehead atoms. The van der Waals surface area contributed by atoms with E-state index in [1.165, 1.54) is 0 Å². The van der Waals surface area contributed by atoms with Gasteiger partial charge in [-0.3, -0.25) is 9.52 Å². The molecule has 1 N–H and O–H groups in total. The molecule has 96 valence electrons. The summed E-state index contributed by atoms with van der Waals surface area (Å²) in [5.74, 6) is 0. The molecule has 4 heteroatoms. The molecule has 4 nitrogen and oxygen atoms in total. The summed E-state index contributed by atoms with van der Waals surface area (Å²) in [5.41, 5.74) is 5.06. The van der Waals surface area contributed by atoms with Gasteiger partial charge in [-0.25, -0.2) is 0 Å². The van der Waals surface area contributed by atoms with Gasteiger partial charge in [0.1, 0.15) is 0 Å². The number of rotatable bonds is 6. The maximum absolute atomic E-state index is 5.39. The van der Waals surface area contributed by atoms with Gasteiger partial charge in [0.05, 0.1) is 18.8 Å². The lowest BCUT2D eigenvalue weighted by Crippen LogP contribution is -2.14. The molecule has 0 unspecified atom stereocenters. The Morgan fingerprint density at radius 3 is 2.67 bits per heavy atom. The Balaban J connectivity index is 1.72. The van der Waals surface area contributed by atoms with Crippen LogP contribution in [-0.2, 0) is 18.0 Å². The van der Waals surface area contributed by atoms with Gasteiger partial charge in [-0.2, -0.15) is 10.6 Å². The second-order valence-electron chi connectivity index (χ2n) is 4.48. The van der Waals surface area contributed by atoms with Gasteiger partial charge < -0.3 is 0 Å². The van der Waals surface area contributed by atoms with Crippen molar-refractivity contribution < 1.29 is 4.84 Å². The van der Waals surface area contributed by atoms with Crippen LogP contribution in [0.3, 0.4) is 0 Å². The number of hydrogen-bond acceptors (Lipinski definition) is 3. The Labute approximate surface area is 108 Å². The maximum Gasteiger partial charge on any atom is 0.0933 e. The van der Waals surface area contributed by atoms with Gasteiger partial charge in [0.25, 0.3) is 0 Å². The standard InChI is InChI=1S/C14H19N3O/c1-12(2)17-9-8-14(16-17)10-15-18-11-13-6-4-3-5-7-13/h3-9,12,15H,10-11H2,1-2H3. The van der Waals surface area contributed by atoms with Crippen molar-refractivity contribution >= 4 is 0 Å². The van der Waals surface area contributed by atoms with Crippen LogP contribution in [0.4, 0.5) is 0 Å². The molecule has 0 fully saturated rings. The summed E-state index contributed by atoms with van der Waals surface area (Å²) < 4.78 is 1.94. The van der Waals surface area contributed by atoms with E-state index in [4.69, 9.17) is 4.84 Å². The van der Waals surface area contributed by atoms with Gasteiger partial charge in [-0.1, -0.05) is 30.3 Å². The van der Waals surface area contributed by atoms with Gasteiger partial charge in [0.2, 0.25) is 0 Å². The third-order valence-electron chi connectivity index (χ3n) is 2.63. The first-order valence-electron chi connectivity index (χ1n) is 6.18. The summed E-state index contributed by atoms with van der Waals surface area (Å²) in [6.07, 6.45) is 1.98. The Hall–Kier alpha value is -1.65. The lowest BCUT2D eigenvalue weighted by molar-refractivity contribution is 0.0227. The first-order chi connectivity index (χ1) is 8.75. The van der Waals surface area contributed by atoms with Gasteiger partial charge in [-0.15, -0.1) is 0 Å². The molecule has 0 radical (unpaired) electrons. The van der Waals surface area contributed by atoms with Crippen LogP contribution >= 0.6 is 0 Å². The minimum absolute atomic E-state index is 0.393. The third kappa shape index (κ3) is 3.68. The minimum atomic E-state index is 0.393. The lowest BCUT2D eigenvalue weighted by Gasteiger charge is -2.05. The second kappa shape index (κ2) is 6.33. The molecule has 0 saturated heterocycles. The zero-order valence-corrected chi connectivity index (χ0v) is 10.8. The molecule has 0 aliphatic heterocycles. The van der Waals surface area contributed by atoms with Crippen LogP contribution < -0.4 is 5.48 Å².